The van der Waals surface area contributed by atoms with E-state index < -0.39 is 80.8 Å². The summed E-state index contributed by atoms with van der Waals surface area (Å²) in [5.74, 6) is -2.91. The predicted molar refractivity (Wildman–Crippen MR) is 216 cm³/mol. The van der Waals surface area contributed by atoms with Crippen LogP contribution in [0.2, 0.25) is 0 Å². The van der Waals surface area contributed by atoms with Crippen LogP contribution >= 0.6 is 15.9 Å². The highest BCUT2D eigenvalue weighted by Gasteiger charge is 2.61. The first-order valence-corrected chi connectivity index (χ1v) is 20.5. The van der Waals surface area contributed by atoms with Crippen LogP contribution in [0.3, 0.4) is 0 Å². The molecule has 4 aromatic rings. The zero-order valence-corrected chi connectivity index (χ0v) is 33.8. The van der Waals surface area contributed by atoms with Crippen molar-refractivity contribution >= 4 is 66.6 Å². The van der Waals surface area contributed by atoms with E-state index in [-0.39, 0.29) is 24.3 Å². The lowest BCUT2D eigenvalue weighted by molar-refractivity contribution is -0.141. The summed E-state index contributed by atoms with van der Waals surface area (Å²) in [5, 5.41) is 17.6. The topological polar surface area (TPSA) is 222 Å². The molecule has 16 nitrogen and oxygen atoms in total. The van der Waals surface area contributed by atoms with Gasteiger partial charge >= 0.3 is 6.09 Å². The zero-order chi connectivity index (χ0) is 41.8. The third-order valence-corrected chi connectivity index (χ3v) is 11.7. The summed E-state index contributed by atoms with van der Waals surface area (Å²) >= 11 is 3.14. The smallest absolute Gasteiger partial charge is 0.405 e. The van der Waals surface area contributed by atoms with Crippen molar-refractivity contribution in [2.75, 3.05) is 20.2 Å². The van der Waals surface area contributed by atoms with E-state index in [2.05, 4.69) is 43.2 Å². The number of alkyl halides is 1. The number of hydrogen-bond acceptors (Lipinski definition) is 10. The van der Waals surface area contributed by atoms with Crippen LogP contribution in [-0.4, -0.2) is 102 Å². The van der Waals surface area contributed by atoms with Crippen LogP contribution < -0.4 is 30.1 Å². The molecule has 304 valence electrons. The number of benzene rings is 3. The third kappa shape index (κ3) is 9.07. The van der Waals surface area contributed by atoms with Gasteiger partial charge in [0.05, 0.1) is 34.6 Å². The number of sulfonamides is 1. The van der Waals surface area contributed by atoms with E-state index in [1.165, 1.54) is 37.5 Å². The average Bonchev–Trinajstić information content (AvgIpc) is 3.77. The number of fused-ring (bicyclic) bond motifs is 1. The predicted octanol–water partition coefficient (Wildman–Crippen LogP) is 3.36. The van der Waals surface area contributed by atoms with Crippen LogP contribution in [0.25, 0.3) is 22.2 Å². The van der Waals surface area contributed by atoms with Gasteiger partial charge in [-0.1, -0.05) is 70.5 Å². The van der Waals surface area contributed by atoms with Crippen LogP contribution in [0.5, 0.6) is 11.5 Å². The van der Waals surface area contributed by atoms with Gasteiger partial charge in [0.2, 0.25) is 17.7 Å². The number of halogens is 1. The maximum Gasteiger partial charge on any atom is 0.405 e. The van der Waals surface area contributed by atoms with Crippen molar-refractivity contribution in [1.29, 1.82) is 0 Å². The monoisotopic (exact) mass is 876 g/mol. The summed E-state index contributed by atoms with van der Waals surface area (Å²) in [5.41, 5.74) is 0.180. The summed E-state index contributed by atoms with van der Waals surface area (Å²) in [4.78, 5) is 71.8. The molecule has 18 heteroatoms. The maximum atomic E-state index is 14.4. The molecule has 3 aromatic carbocycles. The fraction of sp³-hybridized carbons (Fsp3) is 0.300. The van der Waals surface area contributed by atoms with Crippen LogP contribution in [0, 0.1) is 5.92 Å². The molecule has 1 aliphatic heterocycles. The highest BCUT2D eigenvalue weighted by Crippen LogP contribution is 2.45. The van der Waals surface area contributed by atoms with Crippen molar-refractivity contribution in [3.8, 4) is 22.8 Å². The zero-order valence-electron chi connectivity index (χ0n) is 31.4. The van der Waals surface area contributed by atoms with E-state index in [9.17, 15) is 37.5 Å². The number of aromatic nitrogens is 1. The second-order valence-electron chi connectivity index (χ2n) is 13.9. The number of carbonyl (C=O) groups is 5. The van der Waals surface area contributed by atoms with Gasteiger partial charge in [0.25, 0.3) is 15.9 Å². The Labute approximate surface area is 342 Å². The van der Waals surface area contributed by atoms with Crippen molar-refractivity contribution in [2.45, 2.75) is 53.2 Å². The second kappa shape index (κ2) is 17.2. The van der Waals surface area contributed by atoms with Gasteiger partial charge in [-0.15, -0.1) is 6.58 Å². The van der Waals surface area contributed by atoms with Gasteiger partial charge < -0.3 is 35.4 Å². The number of carbonyl (C=O) groups excluding carboxylic acids is 4. The summed E-state index contributed by atoms with van der Waals surface area (Å²) < 4.78 is 40.3. The largest absolute Gasteiger partial charge is 0.497 e. The Morgan fingerprint density at radius 2 is 1.74 bits per heavy atom. The van der Waals surface area contributed by atoms with Crippen molar-refractivity contribution < 1.29 is 47.0 Å². The number of ether oxygens (including phenoxy) is 2. The number of rotatable bonds is 15. The first kappa shape index (κ1) is 41.6. The summed E-state index contributed by atoms with van der Waals surface area (Å²) in [7, 11) is -2.80. The number of nitrogens with one attached hydrogen (secondary N) is 4. The van der Waals surface area contributed by atoms with E-state index >= 15 is 0 Å². The van der Waals surface area contributed by atoms with Gasteiger partial charge in [0.15, 0.2) is 0 Å². The van der Waals surface area contributed by atoms with Crippen LogP contribution in [0.1, 0.15) is 19.8 Å². The van der Waals surface area contributed by atoms with Crippen molar-refractivity contribution in [3.63, 3.8) is 0 Å². The number of amides is 5. The first-order chi connectivity index (χ1) is 27.6. The lowest BCUT2D eigenvalue weighted by Crippen LogP contribution is -2.59. The SMILES string of the molecule is C=C[C@@H]1C[C@]1(NC(=O)[C@@H]1C[C@@H](Oc2cc(-c3ccccc3)nc3cc(OC)ccc23)CN1C(=O)C(CNC(=O)[C@H](C)Br)NC(=O)O)C(=O)NS(=O)(=O)c1ccccc1. The quantitative estimate of drug-likeness (QED) is 0.0861. The van der Waals surface area contributed by atoms with Gasteiger partial charge in [0.1, 0.15) is 35.2 Å². The fourth-order valence-corrected chi connectivity index (χ4v) is 8.03. The van der Waals surface area contributed by atoms with Gasteiger partial charge in [-0.05, 0) is 37.6 Å². The van der Waals surface area contributed by atoms with E-state index in [0.29, 0.717) is 28.1 Å². The minimum absolute atomic E-state index is 0.0215. The van der Waals surface area contributed by atoms with Crippen molar-refractivity contribution in [2.24, 2.45) is 5.92 Å². The fourth-order valence-electron chi connectivity index (χ4n) is 6.81. The Bertz CT molecular complexity index is 2350. The molecule has 2 aliphatic rings. The van der Waals surface area contributed by atoms with Crippen molar-refractivity contribution in [1.82, 2.24) is 30.6 Å². The highest BCUT2D eigenvalue weighted by atomic mass is 79.9. The maximum absolute atomic E-state index is 14.4. The number of carboxylic acid groups (broad SMARTS) is 1. The average molecular weight is 878 g/mol. The normalized spacial score (nSPS) is 20.9. The molecule has 1 aromatic heterocycles. The molecule has 2 fully saturated rings. The van der Waals surface area contributed by atoms with Crippen LogP contribution in [-0.2, 0) is 29.2 Å². The van der Waals surface area contributed by atoms with Gasteiger partial charge in [-0.2, -0.15) is 0 Å². The number of likely N-dealkylation sites (tertiary alicyclic amines) is 1. The van der Waals surface area contributed by atoms with Gasteiger partial charge in [-0.25, -0.2) is 22.9 Å². The Hall–Kier alpha value is -6.01. The van der Waals surface area contributed by atoms with E-state index in [1.54, 1.807) is 37.3 Å². The molecule has 5 N–H and O–H groups in total. The number of hydrogen-bond donors (Lipinski definition) is 5. The van der Waals surface area contributed by atoms with Gasteiger partial charge in [-0.3, -0.25) is 19.2 Å². The lowest BCUT2D eigenvalue weighted by atomic mass is 10.1. The number of methoxy groups -OCH3 is 1. The molecule has 1 unspecified atom stereocenters. The second-order valence-corrected chi connectivity index (χ2v) is 16.9. The lowest BCUT2D eigenvalue weighted by Gasteiger charge is -2.29. The molecular weight excluding hydrogens is 836 g/mol. The Morgan fingerprint density at radius 3 is 2.36 bits per heavy atom. The molecule has 1 saturated carbocycles. The molecule has 6 atom stereocenters. The highest BCUT2D eigenvalue weighted by molar-refractivity contribution is 9.10. The number of nitrogens with zero attached hydrogens (tertiary/aromatic N) is 2. The van der Waals surface area contributed by atoms with E-state index in [1.807, 2.05) is 30.3 Å². The van der Waals surface area contributed by atoms with Gasteiger partial charge in [0, 0.05) is 42.0 Å². The summed E-state index contributed by atoms with van der Waals surface area (Å²) in [6.07, 6.45) is -1.10. The van der Waals surface area contributed by atoms with E-state index in [4.69, 9.17) is 14.5 Å². The third-order valence-electron chi connectivity index (χ3n) is 9.96. The molecule has 1 aliphatic carbocycles. The van der Waals surface area contributed by atoms with Crippen LogP contribution in [0.4, 0.5) is 4.79 Å². The Kier molecular flexibility index (Phi) is 12.4. The van der Waals surface area contributed by atoms with E-state index in [0.717, 1.165) is 10.5 Å². The number of pyridine rings is 1. The molecule has 0 spiro atoms. The first-order valence-electron chi connectivity index (χ1n) is 18.1. The molecular formula is C40H41BrN6O10S. The molecule has 2 heterocycles. The summed E-state index contributed by atoms with van der Waals surface area (Å²) in [6.45, 7) is 4.63. The molecule has 1 saturated heterocycles. The molecule has 6 rings (SSSR count). The summed E-state index contributed by atoms with van der Waals surface area (Å²) in [6, 6.07) is 20.7. The van der Waals surface area contributed by atoms with Crippen molar-refractivity contribution in [3.05, 3.63) is 97.6 Å². The van der Waals surface area contributed by atoms with Crippen LogP contribution in [0.15, 0.2) is 102 Å². The molecule has 5 amide bonds. The molecule has 0 radical (unpaired) electrons. The Balaban J connectivity index is 1.33. The Morgan fingerprint density at radius 1 is 1.05 bits per heavy atom. The molecule has 0 bridgehead atoms. The minimum Gasteiger partial charge on any atom is -0.497 e. The molecule has 58 heavy (non-hydrogen) atoms. The minimum atomic E-state index is -4.33. The standard InChI is InChI=1S/C40H41BrN6O10S/c1-4-25-20-40(25,38(51)46-58(54,55)28-13-9-6-10-14-28)45-36(49)33-18-27(22-47(33)37(50)32(44-39(52)53)21-42-35(48)23(2)41)57-34-19-30(24-11-7-5-8-12-24)43-31-17-26(56-3)15-16-29(31)34/h4-17,19,23,25,27,32-33,44H,1,18,20-22H2,2-3H3,(H,42,48)(H,45,49)(H,46,51)(H,52,53)/t23-,25+,27+,32?,33-,40+/m0/s1.